The van der Waals surface area contributed by atoms with Gasteiger partial charge in [0.1, 0.15) is 0 Å². The minimum absolute atomic E-state index is 0.756. The van der Waals surface area contributed by atoms with Crippen LogP contribution in [0.2, 0.25) is 0 Å². The summed E-state index contributed by atoms with van der Waals surface area (Å²) in [5, 5.41) is 3.18. The Morgan fingerprint density at radius 2 is 2.09 bits per heavy atom. The molecule has 0 bridgehead atoms. The lowest BCUT2D eigenvalue weighted by Gasteiger charge is -2.28. The number of carbonyl (C=O) groups is 2. The molecule has 0 aromatic rings. The van der Waals surface area contributed by atoms with Gasteiger partial charge in [-0.15, -0.1) is 0 Å². The molecule has 62 valence electrons. The molecule has 2 atom stereocenters. The van der Waals surface area contributed by atoms with Gasteiger partial charge in [0.05, 0.1) is 0 Å². The van der Waals surface area contributed by atoms with Crippen molar-refractivity contribution in [3.8, 4) is 0 Å². The van der Waals surface area contributed by atoms with Gasteiger partial charge in [0.15, 0.2) is 0 Å². The third kappa shape index (κ3) is 1.15. The van der Waals surface area contributed by atoms with Gasteiger partial charge >= 0.3 is 6.03 Å². The number of carbonyl (C=O) groups excluding carboxylic acids is 2. The first kappa shape index (κ1) is 7.90. The lowest BCUT2D eigenvalue weighted by Crippen LogP contribution is -2.64. The standard InChI is InChI=1S/C5H6F2N2O2/c1-5(7)2(6)8-4(11)9-3(5)10/h2H,1H3,(H2,8,9,10,11)/t2-,5-/m1/s1. The smallest absolute Gasteiger partial charge is 0.305 e. The van der Waals surface area contributed by atoms with Crippen LogP contribution in [0.3, 0.4) is 0 Å². The number of amides is 3. The number of alkyl halides is 2. The van der Waals surface area contributed by atoms with Crippen LogP contribution in [0.15, 0.2) is 0 Å². The molecule has 1 aliphatic heterocycles. The van der Waals surface area contributed by atoms with E-state index in [9.17, 15) is 18.4 Å². The van der Waals surface area contributed by atoms with Crippen molar-refractivity contribution in [3.63, 3.8) is 0 Å². The molecule has 0 unspecified atom stereocenters. The second kappa shape index (κ2) is 2.14. The highest BCUT2D eigenvalue weighted by molar-refractivity contribution is 6.01. The molecular formula is C5H6F2N2O2. The molecule has 0 spiro atoms. The molecule has 0 aromatic carbocycles. The van der Waals surface area contributed by atoms with Crippen molar-refractivity contribution in [1.82, 2.24) is 10.6 Å². The molecule has 1 saturated heterocycles. The van der Waals surface area contributed by atoms with Crippen molar-refractivity contribution in [3.05, 3.63) is 0 Å². The Morgan fingerprint density at radius 1 is 1.55 bits per heavy atom. The topological polar surface area (TPSA) is 58.2 Å². The second-order valence-electron chi connectivity index (χ2n) is 2.37. The summed E-state index contributed by atoms with van der Waals surface area (Å²) in [5.74, 6) is -1.26. The molecule has 11 heavy (non-hydrogen) atoms. The summed E-state index contributed by atoms with van der Waals surface area (Å²) in [4.78, 5) is 20.9. The molecule has 0 aliphatic carbocycles. The first-order chi connectivity index (χ1) is 4.94. The fourth-order valence-corrected chi connectivity index (χ4v) is 0.627. The predicted molar refractivity (Wildman–Crippen MR) is 31.1 cm³/mol. The summed E-state index contributed by atoms with van der Waals surface area (Å²) in [6, 6.07) is -1.02. The Kier molecular flexibility index (Phi) is 1.54. The maximum Gasteiger partial charge on any atom is 0.323 e. The van der Waals surface area contributed by atoms with Crippen LogP contribution in [0.5, 0.6) is 0 Å². The van der Waals surface area contributed by atoms with E-state index in [2.05, 4.69) is 0 Å². The van der Waals surface area contributed by atoms with Gasteiger partial charge in [-0.3, -0.25) is 10.1 Å². The van der Waals surface area contributed by atoms with Crippen molar-refractivity contribution in [2.24, 2.45) is 0 Å². The summed E-state index contributed by atoms with van der Waals surface area (Å²) in [5.41, 5.74) is -2.67. The Hall–Kier alpha value is -1.20. The molecule has 1 aliphatic rings. The molecule has 6 heteroatoms. The van der Waals surface area contributed by atoms with Gasteiger partial charge in [-0.2, -0.15) is 0 Å². The van der Waals surface area contributed by atoms with Crippen molar-refractivity contribution in [2.75, 3.05) is 0 Å². The monoisotopic (exact) mass is 164 g/mol. The minimum atomic E-state index is -2.67. The summed E-state index contributed by atoms with van der Waals surface area (Å²) < 4.78 is 25.3. The summed E-state index contributed by atoms with van der Waals surface area (Å²) in [7, 11) is 0. The quantitative estimate of drug-likeness (QED) is 0.489. The van der Waals surface area contributed by atoms with Gasteiger partial charge in [-0.25, -0.2) is 13.6 Å². The highest BCUT2D eigenvalue weighted by atomic mass is 19.2. The average Bonchev–Trinajstić information content (AvgIpc) is 1.84. The third-order valence-corrected chi connectivity index (χ3v) is 1.40. The molecule has 2 N–H and O–H groups in total. The Morgan fingerprint density at radius 3 is 2.55 bits per heavy atom. The first-order valence-electron chi connectivity index (χ1n) is 2.89. The zero-order valence-electron chi connectivity index (χ0n) is 5.65. The third-order valence-electron chi connectivity index (χ3n) is 1.40. The van der Waals surface area contributed by atoms with E-state index in [1.165, 1.54) is 0 Å². The van der Waals surface area contributed by atoms with Gasteiger partial charge in [-0.1, -0.05) is 0 Å². The molecule has 1 heterocycles. The highest BCUT2D eigenvalue weighted by Gasteiger charge is 2.47. The Balaban J connectivity index is 2.84. The zero-order chi connectivity index (χ0) is 8.65. The van der Waals surface area contributed by atoms with Gasteiger partial charge in [0.2, 0.25) is 12.0 Å². The van der Waals surface area contributed by atoms with Crippen molar-refractivity contribution < 1.29 is 18.4 Å². The van der Waals surface area contributed by atoms with E-state index in [0.717, 1.165) is 6.92 Å². The molecule has 0 radical (unpaired) electrons. The fraction of sp³-hybridized carbons (Fsp3) is 0.600. The van der Waals surface area contributed by atoms with Crippen molar-refractivity contribution in [2.45, 2.75) is 18.9 Å². The maximum absolute atomic E-state index is 12.8. The first-order valence-corrected chi connectivity index (χ1v) is 2.89. The minimum Gasteiger partial charge on any atom is -0.305 e. The number of hydrogen-bond acceptors (Lipinski definition) is 2. The lowest BCUT2D eigenvalue weighted by atomic mass is 10.1. The predicted octanol–water partition coefficient (Wildman–Crippen LogP) is -0.150. The number of urea groups is 1. The van der Waals surface area contributed by atoms with Crippen LogP contribution in [0.25, 0.3) is 0 Å². The zero-order valence-corrected chi connectivity index (χ0v) is 5.65. The van der Waals surface area contributed by atoms with E-state index in [1.807, 2.05) is 0 Å². The van der Waals surface area contributed by atoms with Gasteiger partial charge in [0, 0.05) is 0 Å². The van der Waals surface area contributed by atoms with E-state index < -0.39 is 23.9 Å². The molecule has 4 nitrogen and oxygen atoms in total. The highest BCUT2D eigenvalue weighted by Crippen LogP contribution is 2.19. The van der Waals surface area contributed by atoms with Crippen LogP contribution in [0.1, 0.15) is 6.92 Å². The van der Waals surface area contributed by atoms with Crippen molar-refractivity contribution in [1.29, 1.82) is 0 Å². The number of rotatable bonds is 0. The van der Waals surface area contributed by atoms with Crippen LogP contribution in [-0.4, -0.2) is 23.9 Å². The maximum atomic E-state index is 12.8. The largest absolute Gasteiger partial charge is 0.323 e. The van der Waals surface area contributed by atoms with E-state index in [-0.39, 0.29) is 0 Å². The molecule has 1 fully saturated rings. The Labute approximate surface area is 60.9 Å². The number of imide groups is 1. The van der Waals surface area contributed by atoms with Crippen molar-refractivity contribution >= 4 is 11.9 Å². The van der Waals surface area contributed by atoms with E-state index >= 15 is 0 Å². The second-order valence-corrected chi connectivity index (χ2v) is 2.37. The lowest BCUT2D eigenvalue weighted by molar-refractivity contribution is -0.137. The van der Waals surface area contributed by atoms with Crippen LogP contribution in [-0.2, 0) is 4.79 Å². The van der Waals surface area contributed by atoms with E-state index in [1.54, 1.807) is 10.6 Å². The van der Waals surface area contributed by atoms with Crippen LogP contribution < -0.4 is 10.6 Å². The van der Waals surface area contributed by atoms with Crippen LogP contribution in [0.4, 0.5) is 13.6 Å². The number of halogens is 2. The van der Waals surface area contributed by atoms with Gasteiger partial charge in [0.25, 0.3) is 5.91 Å². The summed E-state index contributed by atoms with van der Waals surface area (Å²) >= 11 is 0. The van der Waals surface area contributed by atoms with E-state index in [0.29, 0.717) is 0 Å². The normalized spacial score (nSPS) is 37.9. The molecule has 0 aromatic heterocycles. The molecular weight excluding hydrogens is 158 g/mol. The van der Waals surface area contributed by atoms with Crippen LogP contribution in [0, 0.1) is 0 Å². The van der Waals surface area contributed by atoms with Gasteiger partial charge < -0.3 is 5.32 Å². The average molecular weight is 164 g/mol. The molecule has 0 saturated carbocycles. The molecule has 1 rings (SSSR count). The number of nitrogens with one attached hydrogen (secondary N) is 2. The molecule has 3 amide bonds. The number of hydrogen-bond donors (Lipinski definition) is 2. The summed E-state index contributed by atoms with van der Waals surface area (Å²) in [6.45, 7) is 0.756. The Bertz CT molecular complexity index is 217. The SMILES string of the molecule is C[C@]1(F)C(=O)NC(=O)N[C@H]1F. The van der Waals surface area contributed by atoms with E-state index in [4.69, 9.17) is 0 Å². The van der Waals surface area contributed by atoms with Gasteiger partial charge in [-0.05, 0) is 6.92 Å². The van der Waals surface area contributed by atoms with Crippen LogP contribution >= 0.6 is 0 Å². The fourth-order valence-electron chi connectivity index (χ4n) is 0.627. The summed E-state index contributed by atoms with van der Waals surface area (Å²) in [6.07, 6.45) is -2.27.